The van der Waals surface area contributed by atoms with Crippen LogP contribution >= 0.6 is 11.3 Å². The molecule has 1 atom stereocenters. The van der Waals surface area contributed by atoms with Crippen LogP contribution in [-0.2, 0) is 4.79 Å². The molecule has 15 heavy (non-hydrogen) atoms. The molecule has 84 valence electrons. The smallest absolute Gasteiger partial charge is 0.315 e. The zero-order valence-corrected chi connectivity index (χ0v) is 9.35. The molecule has 0 spiro atoms. The molecule has 0 fully saturated rings. The second-order valence-corrected chi connectivity index (χ2v) is 4.53. The highest BCUT2D eigenvalue weighted by Gasteiger charge is 2.23. The molecular weight excluding hydrogens is 220 g/mol. The van der Waals surface area contributed by atoms with Crippen LogP contribution in [0.2, 0.25) is 0 Å². The fraction of sp³-hybridized carbons (Fsp3) is 0.500. The number of amides is 1. The summed E-state index contributed by atoms with van der Waals surface area (Å²) in [7, 11) is 0. The van der Waals surface area contributed by atoms with Gasteiger partial charge in [-0.15, -0.1) is 11.3 Å². The van der Waals surface area contributed by atoms with E-state index in [-0.39, 0.29) is 12.0 Å². The topological polar surface area (TPSA) is 29.1 Å². The van der Waals surface area contributed by atoms with Crippen molar-refractivity contribution in [3.05, 3.63) is 22.4 Å². The number of nitrogens with one attached hydrogen (secondary N) is 1. The number of carbonyl (C=O) groups is 1. The molecule has 5 heteroatoms. The third-order valence-electron chi connectivity index (χ3n) is 2.01. The predicted octanol–water partition coefficient (Wildman–Crippen LogP) is 2.83. The van der Waals surface area contributed by atoms with Crippen LogP contribution in [0.5, 0.6) is 0 Å². The van der Waals surface area contributed by atoms with Gasteiger partial charge in [0.1, 0.15) is 0 Å². The quantitative estimate of drug-likeness (QED) is 0.851. The Hall–Kier alpha value is -0.970. The molecule has 0 aliphatic rings. The molecule has 1 amide bonds. The molecule has 0 aliphatic heterocycles. The SMILES string of the molecule is CC(C)C(NC(=O)C(F)F)c1cccs1. The Morgan fingerprint density at radius 1 is 1.47 bits per heavy atom. The minimum Gasteiger partial charge on any atom is -0.343 e. The van der Waals surface area contributed by atoms with Crippen LogP contribution in [0.4, 0.5) is 8.78 Å². The summed E-state index contributed by atoms with van der Waals surface area (Å²) in [6.45, 7) is 3.77. The van der Waals surface area contributed by atoms with E-state index in [0.29, 0.717) is 0 Å². The van der Waals surface area contributed by atoms with Crippen molar-refractivity contribution in [1.29, 1.82) is 0 Å². The number of hydrogen-bond donors (Lipinski definition) is 1. The van der Waals surface area contributed by atoms with Crippen LogP contribution in [0.25, 0.3) is 0 Å². The average molecular weight is 233 g/mol. The first-order valence-electron chi connectivity index (χ1n) is 4.64. The highest BCUT2D eigenvalue weighted by atomic mass is 32.1. The van der Waals surface area contributed by atoms with Gasteiger partial charge >= 0.3 is 6.43 Å². The highest BCUT2D eigenvalue weighted by Crippen LogP contribution is 2.25. The number of rotatable bonds is 4. The van der Waals surface area contributed by atoms with Gasteiger partial charge in [0.15, 0.2) is 0 Å². The standard InChI is InChI=1S/C10H13F2NOS/c1-6(2)8(7-4-3-5-15-7)13-10(14)9(11)12/h3-6,8-9H,1-2H3,(H,13,14). The number of thiophene rings is 1. The first kappa shape index (κ1) is 12.1. The molecular formula is C10H13F2NOS. The van der Waals surface area contributed by atoms with Gasteiger partial charge in [-0.1, -0.05) is 19.9 Å². The van der Waals surface area contributed by atoms with Crippen molar-refractivity contribution >= 4 is 17.2 Å². The molecule has 0 radical (unpaired) electrons. The fourth-order valence-corrected chi connectivity index (χ4v) is 2.20. The molecule has 1 aromatic rings. The average Bonchev–Trinajstić information content (AvgIpc) is 2.65. The number of hydrogen-bond acceptors (Lipinski definition) is 2. The second-order valence-electron chi connectivity index (χ2n) is 3.55. The minimum atomic E-state index is -2.95. The molecule has 0 saturated carbocycles. The van der Waals surface area contributed by atoms with Gasteiger partial charge in [-0.3, -0.25) is 4.79 Å². The van der Waals surface area contributed by atoms with E-state index >= 15 is 0 Å². The summed E-state index contributed by atoms with van der Waals surface area (Å²) >= 11 is 1.45. The van der Waals surface area contributed by atoms with Gasteiger partial charge in [-0.25, -0.2) is 0 Å². The van der Waals surface area contributed by atoms with E-state index < -0.39 is 12.3 Å². The molecule has 0 aliphatic carbocycles. The van der Waals surface area contributed by atoms with Crippen molar-refractivity contribution in [2.75, 3.05) is 0 Å². The first-order chi connectivity index (χ1) is 7.02. The van der Waals surface area contributed by atoms with E-state index in [9.17, 15) is 13.6 Å². The zero-order valence-electron chi connectivity index (χ0n) is 8.54. The summed E-state index contributed by atoms with van der Waals surface area (Å²) < 4.78 is 24.2. The molecule has 1 heterocycles. The molecule has 0 aromatic carbocycles. The molecule has 1 unspecified atom stereocenters. The summed E-state index contributed by atoms with van der Waals surface area (Å²) in [6, 6.07) is 3.34. The third-order valence-corrected chi connectivity index (χ3v) is 2.97. The third kappa shape index (κ3) is 3.27. The van der Waals surface area contributed by atoms with E-state index in [2.05, 4.69) is 5.32 Å². The van der Waals surface area contributed by atoms with Crippen LogP contribution in [0, 0.1) is 5.92 Å². The zero-order chi connectivity index (χ0) is 11.4. The van der Waals surface area contributed by atoms with Gasteiger partial charge in [-0.05, 0) is 17.4 Å². The van der Waals surface area contributed by atoms with Gasteiger partial charge in [0.05, 0.1) is 6.04 Å². The Balaban J connectivity index is 2.72. The van der Waals surface area contributed by atoms with Crippen molar-refractivity contribution in [3.8, 4) is 0 Å². The lowest BCUT2D eigenvalue weighted by Gasteiger charge is -2.20. The van der Waals surface area contributed by atoms with Crippen molar-refractivity contribution in [2.45, 2.75) is 26.3 Å². The summed E-state index contributed by atoms with van der Waals surface area (Å²) in [5, 5.41) is 4.20. The molecule has 1 rings (SSSR count). The van der Waals surface area contributed by atoms with E-state index in [1.807, 2.05) is 31.4 Å². The lowest BCUT2D eigenvalue weighted by atomic mass is 10.0. The Morgan fingerprint density at radius 3 is 2.53 bits per heavy atom. The van der Waals surface area contributed by atoms with Gasteiger partial charge < -0.3 is 5.32 Å². The molecule has 1 N–H and O–H groups in total. The number of alkyl halides is 2. The van der Waals surface area contributed by atoms with Crippen molar-refractivity contribution in [1.82, 2.24) is 5.32 Å². The maximum absolute atomic E-state index is 12.1. The first-order valence-corrected chi connectivity index (χ1v) is 5.52. The molecule has 2 nitrogen and oxygen atoms in total. The van der Waals surface area contributed by atoms with E-state index in [1.54, 1.807) is 0 Å². The van der Waals surface area contributed by atoms with Gasteiger partial charge in [-0.2, -0.15) is 8.78 Å². The minimum absolute atomic E-state index is 0.0892. The molecule has 0 bridgehead atoms. The Kier molecular flexibility index (Phi) is 4.20. The monoisotopic (exact) mass is 233 g/mol. The Morgan fingerprint density at radius 2 is 2.13 bits per heavy atom. The maximum Gasteiger partial charge on any atom is 0.315 e. The molecule has 0 saturated heterocycles. The largest absolute Gasteiger partial charge is 0.343 e. The van der Waals surface area contributed by atoms with Gasteiger partial charge in [0, 0.05) is 4.88 Å². The molecule has 1 aromatic heterocycles. The Bertz CT molecular complexity index is 311. The number of carbonyl (C=O) groups excluding carboxylic acids is 1. The summed E-state index contributed by atoms with van der Waals surface area (Å²) in [4.78, 5) is 11.8. The second kappa shape index (κ2) is 5.21. The van der Waals surface area contributed by atoms with Crippen LogP contribution in [0.3, 0.4) is 0 Å². The van der Waals surface area contributed by atoms with Crippen LogP contribution in [0.1, 0.15) is 24.8 Å². The summed E-state index contributed by atoms with van der Waals surface area (Å²) in [5.41, 5.74) is 0. The lowest BCUT2D eigenvalue weighted by molar-refractivity contribution is -0.132. The van der Waals surface area contributed by atoms with Crippen LogP contribution in [-0.4, -0.2) is 12.3 Å². The van der Waals surface area contributed by atoms with Gasteiger partial charge in [0.2, 0.25) is 0 Å². The Labute approximate surface area is 91.3 Å². The maximum atomic E-state index is 12.1. The van der Waals surface area contributed by atoms with E-state index in [4.69, 9.17) is 0 Å². The van der Waals surface area contributed by atoms with E-state index in [0.717, 1.165) is 4.88 Å². The van der Waals surface area contributed by atoms with Crippen molar-refractivity contribution < 1.29 is 13.6 Å². The van der Waals surface area contributed by atoms with Crippen molar-refractivity contribution in [2.24, 2.45) is 5.92 Å². The highest BCUT2D eigenvalue weighted by molar-refractivity contribution is 7.10. The van der Waals surface area contributed by atoms with Crippen LogP contribution in [0.15, 0.2) is 17.5 Å². The van der Waals surface area contributed by atoms with Crippen LogP contribution < -0.4 is 5.32 Å². The fourth-order valence-electron chi connectivity index (χ4n) is 1.25. The normalized spacial score (nSPS) is 13.2. The number of halogens is 2. The van der Waals surface area contributed by atoms with E-state index in [1.165, 1.54) is 11.3 Å². The summed E-state index contributed by atoms with van der Waals surface area (Å²) in [5.74, 6) is -1.12. The predicted molar refractivity (Wildman–Crippen MR) is 56.0 cm³/mol. The lowest BCUT2D eigenvalue weighted by Crippen LogP contribution is -2.35. The van der Waals surface area contributed by atoms with Gasteiger partial charge in [0.25, 0.3) is 5.91 Å². The summed E-state index contributed by atoms with van der Waals surface area (Å²) in [6.07, 6.45) is -2.95. The van der Waals surface area contributed by atoms with Crippen molar-refractivity contribution in [3.63, 3.8) is 0 Å².